The number of fused-ring (bicyclic) bond motifs is 1. The van der Waals surface area contributed by atoms with Crippen molar-refractivity contribution in [2.45, 2.75) is 0 Å². The minimum atomic E-state index is 0.604. The second-order valence-electron chi connectivity index (χ2n) is 6.11. The zero-order chi connectivity index (χ0) is 19.5. The second-order valence-corrected chi connectivity index (χ2v) is 6.55. The van der Waals surface area contributed by atoms with E-state index in [9.17, 15) is 0 Å². The lowest BCUT2D eigenvalue weighted by atomic mass is 10.1. The largest absolute Gasteiger partial charge is 0.497 e. The van der Waals surface area contributed by atoms with Crippen LogP contribution in [0.25, 0.3) is 22.3 Å². The molecule has 5 nitrogen and oxygen atoms in total. The first-order valence-corrected chi connectivity index (χ1v) is 9.07. The fourth-order valence-electron chi connectivity index (χ4n) is 2.96. The Hall–Kier alpha value is -3.31. The Bertz CT molecular complexity index is 1150. The summed E-state index contributed by atoms with van der Waals surface area (Å²) in [6, 6.07) is 20.8. The molecule has 0 atom stereocenters. The number of aromatic nitrogens is 2. The number of halogens is 1. The molecule has 0 saturated carbocycles. The average molecular weight is 392 g/mol. The van der Waals surface area contributed by atoms with Crippen LogP contribution in [0.5, 0.6) is 11.5 Å². The van der Waals surface area contributed by atoms with Gasteiger partial charge in [-0.3, -0.25) is 0 Å². The van der Waals surface area contributed by atoms with E-state index in [4.69, 9.17) is 31.0 Å². The monoisotopic (exact) mass is 391 g/mol. The van der Waals surface area contributed by atoms with Crippen LogP contribution in [-0.2, 0) is 0 Å². The van der Waals surface area contributed by atoms with Crippen LogP contribution in [-0.4, -0.2) is 24.2 Å². The highest BCUT2D eigenvalue weighted by atomic mass is 35.5. The minimum Gasteiger partial charge on any atom is -0.497 e. The number of nitrogens with one attached hydrogen (secondary N) is 1. The van der Waals surface area contributed by atoms with Crippen LogP contribution in [0.4, 0.5) is 11.5 Å². The van der Waals surface area contributed by atoms with Gasteiger partial charge in [-0.15, -0.1) is 0 Å². The molecule has 0 bridgehead atoms. The minimum absolute atomic E-state index is 0.604. The van der Waals surface area contributed by atoms with E-state index < -0.39 is 0 Å². The quantitative estimate of drug-likeness (QED) is 0.472. The lowest BCUT2D eigenvalue weighted by Gasteiger charge is -2.15. The Morgan fingerprint density at radius 3 is 2.32 bits per heavy atom. The van der Waals surface area contributed by atoms with Gasteiger partial charge in [0.05, 0.1) is 30.9 Å². The van der Waals surface area contributed by atoms with E-state index in [1.165, 1.54) is 0 Å². The van der Waals surface area contributed by atoms with Crippen molar-refractivity contribution >= 4 is 34.1 Å². The molecule has 1 heterocycles. The Morgan fingerprint density at radius 2 is 1.61 bits per heavy atom. The number of hydrogen-bond acceptors (Lipinski definition) is 5. The molecule has 1 N–H and O–H groups in total. The number of para-hydroxylation sites is 2. The Kier molecular flexibility index (Phi) is 5.00. The van der Waals surface area contributed by atoms with Crippen LogP contribution < -0.4 is 14.8 Å². The van der Waals surface area contributed by atoms with E-state index in [1.807, 2.05) is 66.7 Å². The smallest absolute Gasteiger partial charge is 0.157 e. The van der Waals surface area contributed by atoms with Gasteiger partial charge < -0.3 is 14.8 Å². The molecule has 0 unspecified atom stereocenters. The van der Waals surface area contributed by atoms with E-state index in [0.717, 1.165) is 22.3 Å². The topological polar surface area (TPSA) is 56.3 Å². The number of nitrogens with zero attached hydrogens (tertiary/aromatic N) is 2. The van der Waals surface area contributed by atoms with Gasteiger partial charge in [0.15, 0.2) is 5.82 Å². The summed E-state index contributed by atoms with van der Waals surface area (Å²) in [5.41, 5.74) is 3.90. The third-order valence-electron chi connectivity index (χ3n) is 4.33. The molecule has 0 aliphatic heterocycles. The summed E-state index contributed by atoms with van der Waals surface area (Å²) < 4.78 is 10.8. The predicted octanol–water partition coefficient (Wildman–Crippen LogP) is 5.71. The maximum atomic E-state index is 6.21. The summed E-state index contributed by atoms with van der Waals surface area (Å²) in [5, 5.41) is 3.99. The lowest BCUT2D eigenvalue weighted by Crippen LogP contribution is -2.02. The molecule has 0 spiro atoms. The van der Waals surface area contributed by atoms with E-state index in [-0.39, 0.29) is 0 Å². The molecule has 140 valence electrons. The van der Waals surface area contributed by atoms with Gasteiger partial charge in [-0.25, -0.2) is 9.97 Å². The molecule has 0 aliphatic carbocycles. The SMILES string of the molecule is COc1ccc(OC)c(Nc2nc3ccccc3nc2-c2cccc(Cl)c2)c1. The third kappa shape index (κ3) is 3.57. The van der Waals surface area contributed by atoms with Crippen molar-refractivity contribution in [3.63, 3.8) is 0 Å². The van der Waals surface area contributed by atoms with Gasteiger partial charge in [-0.1, -0.05) is 35.9 Å². The summed E-state index contributed by atoms with van der Waals surface area (Å²) >= 11 is 6.21. The van der Waals surface area contributed by atoms with Crippen molar-refractivity contribution in [3.8, 4) is 22.8 Å². The zero-order valence-corrected chi connectivity index (χ0v) is 16.2. The second kappa shape index (κ2) is 7.74. The molecule has 6 heteroatoms. The molecule has 0 aliphatic rings. The van der Waals surface area contributed by atoms with Crippen LogP contribution in [0.15, 0.2) is 66.7 Å². The third-order valence-corrected chi connectivity index (χ3v) is 4.56. The number of rotatable bonds is 5. The lowest BCUT2D eigenvalue weighted by molar-refractivity contribution is 0.405. The van der Waals surface area contributed by atoms with E-state index >= 15 is 0 Å². The molecule has 28 heavy (non-hydrogen) atoms. The molecule has 4 rings (SSSR count). The van der Waals surface area contributed by atoms with Crippen molar-refractivity contribution in [2.75, 3.05) is 19.5 Å². The average Bonchev–Trinajstić information content (AvgIpc) is 2.73. The van der Waals surface area contributed by atoms with Gasteiger partial charge >= 0.3 is 0 Å². The van der Waals surface area contributed by atoms with E-state index in [2.05, 4.69) is 5.32 Å². The molecular formula is C22H18ClN3O2. The molecule has 3 aromatic carbocycles. The van der Waals surface area contributed by atoms with Crippen molar-refractivity contribution in [1.29, 1.82) is 0 Å². The normalized spacial score (nSPS) is 10.7. The predicted molar refractivity (Wildman–Crippen MR) is 113 cm³/mol. The number of hydrogen-bond donors (Lipinski definition) is 1. The first-order valence-electron chi connectivity index (χ1n) is 8.69. The molecule has 0 saturated heterocycles. The Balaban J connectivity index is 1.89. The molecule has 0 fully saturated rings. The van der Waals surface area contributed by atoms with Gasteiger partial charge in [0.2, 0.25) is 0 Å². The van der Waals surface area contributed by atoms with Crippen molar-refractivity contribution in [3.05, 3.63) is 71.8 Å². The summed E-state index contributed by atoms with van der Waals surface area (Å²) in [5.74, 6) is 1.99. The van der Waals surface area contributed by atoms with Gasteiger partial charge in [0.25, 0.3) is 0 Å². The standard InChI is InChI=1S/C22H18ClN3O2/c1-27-16-10-11-20(28-2)19(13-16)26-22-21(14-6-5-7-15(23)12-14)24-17-8-3-4-9-18(17)25-22/h3-13H,1-2H3,(H,25,26). The van der Waals surface area contributed by atoms with Crippen LogP contribution in [0.1, 0.15) is 0 Å². The number of ether oxygens (including phenoxy) is 2. The van der Waals surface area contributed by atoms with Crippen LogP contribution in [0.2, 0.25) is 5.02 Å². The number of benzene rings is 3. The summed E-state index contributed by atoms with van der Waals surface area (Å²) in [4.78, 5) is 9.62. The highest BCUT2D eigenvalue weighted by molar-refractivity contribution is 6.30. The Labute approximate surface area is 167 Å². The molecular weight excluding hydrogens is 374 g/mol. The van der Waals surface area contributed by atoms with E-state index in [0.29, 0.717) is 28.0 Å². The summed E-state index contributed by atoms with van der Waals surface area (Å²) in [6.07, 6.45) is 0. The number of anilines is 2. The first kappa shape index (κ1) is 18.1. The van der Waals surface area contributed by atoms with E-state index in [1.54, 1.807) is 14.2 Å². The molecule has 1 aromatic heterocycles. The Morgan fingerprint density at radius 1 is 0.821 bits per heavy atom. The highest BCUT2D eigenvalue weighted by Gasteiger charge is 2.14. The van der Waals surface area contributed by atoms with Gasteiger partial charge in [0.1, 0.15) is 17.2 Å². The first-order chi connectivity index (χ1) is 13.7. The highest BCUT2D eigenvalue weighted by Crippen LogP contribution is 2.35. The van der Waals surface area contributed by atoms with Gasteiger partial charge in [-0.05, 0) is 36.4 Å². The maximum Gasteiger partial charge on any atom is 0.157 e. The van der Waals surface area contributed by atoms with Crippen LogP contribution >= 0.6 is 11.6 Å². The fourth-order valence-corrected chi connectivity index (χ4v) is 3.15. The van der Waals surface area contributed by atoms with Gasteiger partial charge in [0, 0.05) is 16.7 Å². The molecule has 0 radical (unpaired) electrons. The van der Waals surface area contributed by atoms with Crippen molar-refractivity contribution in [1.82, 2.24) is 9.97 Å². The summed E-state index contributed by atoms with van der Waals surface area (Å²) in [7, 11) is 3.25. The molecule has 4 aromatic rings. The summed E-state index contributed by atoms with van der Waals surface area (Å²) in [6.45, 7) is 0. The van der Waals surface area contributed by atoms with Crippen molar-refractivity contribution in [2.24, 2.45) is 0 Å². The van der Waals surface area contributed by atoms with Crippen LogP contribution in [0.3, 0.4) is 0 Å². The van der Waals surface area contributed by atoms with Crippen molar-refractivity contribution < 1.29 is 9.47 Å². The fraction of sp³-hybridized carbons (Fsp3) is 0.0909. The number of methoxy groups -OCH3 is 2. The van der Waals surface area contributed by atoms with Crippen LogP contribution in [0, 0.1) is 0 Å². The zero-order valence-electron chi connectivity index (χ0n) is 15.4. The molecule has 0 amide bonds. The van der Waals surface area contributed by atoms with Gasteiger partial charge in [-0.2, -0.15) is 0 Å². The maximum absolute atomic E-state index is 6.21.